The zero-order chi connectivity index (χ0) is 14.2. The van der Waals surface area contributed by atoms with Crippen LogP contribution in [0.1, 0.15) is 72.6 Å². The predicted octanol–water partition coefficient (Wildman–Crippen LogP) is 4.52. The topological polar surface area (TPSA) is 18.5 Å². The van der Waals surface area contributed by atoms with Gasteiger partial charge in [-0.2, -0.15) is 0 Å². The van der Waals surface area contributed by atoms with Gasteiger partial charge in [0.1, 0.15) is 0 Å². The van der Waals surface area contributed by atoms with Crippen molar-refractivity contribution in [2.45, 2.75) is 84.0 Å². The molecule has 0 N–H and O–H groups in total. The summed E-state index contributed by atoms with van der Waals surface area (Å²) < 4.78 is 12.6. The molecule has 2 heterocycles. The summed E-state index contributed by atoms with van der Waals surface area (Å²) in [6.07, 6.45) is 9.14. The Kier molecular flexibility index (Phi) is 2.59. The lowest BCUT2D eigenvalue weighted by molar-refractivity contribution is -0.260. The first kappa shape index (κ1) is 13.6. The van der Waals surface area contributed by atoms with Gasteiger partial charge in [-0.05, 0) is 61.7 Å². The highest BCUT2D eigenvalue weighted by molar-refractivity contribution is 5.13. The summed E-state index contributed by atoms with van der Waals surface area (Å²) in [6.45, 7) is 10.6. The number of hydrogen-bond acceptors (Lipinski definition) is 2. The molecule has 2 aliphatic heterocycles. The van der Waals surface area contributed by atoms with Crippen molar-refractivity contribution in [3.05, 3.63) is 0 Å². The molecule has 4 aliphatic rings. The maximum Gasteiger partial charge on any atom is 0.166 e. The third-order valence-corrected chi connectivity index (χ3v) is 7.49. The van der Waals surface area contributed by atoms with E-state index >= 15 is 0 Å². The van der Waals surface area contributed by atoms with Gasteiger partial charge in [0.05, 0.1) is 12.2 Å². The summed E-state index contributed by atoms with van der Waals surface area (Å²) in [5, 5.41) is 0. The molecule has 0 aromatic carbocycles. The lowest BCUT2D eigenvalue weighted by Gasteiger charge is -2.63. The van der Waals surface area contributed by atoms with E-state index in [4.69, 9.17) is 9.47 Å². The Morgan fingerprint density at radius 3 is 2.40 bits per heavy atom. The van der Waals surface area contributed by atoms with E-state index in [0.29, 0.717) is 16.7 Å². The minimum Gasteiger partial charge on any atom is -0.347 e. The second-order valence-corrected chi connectivity index (χ2v) is 9.12. The SMILES string of the molecule is CC1(C)CCC[C@@]2(C)C1CC[C@]13CO[C@](C)(CC[C@@H]12)O3. The molecule has 0 aromatic rings. The van der Waals surface area contributed by atoms with Gasteiger partial charge in [-0.15, -0.1) is 0 Å². The van der Waals surface area contributed by atoms with Crippen molar-refractivity contribution in [3.8, 4) is 0 Å². The van der Waals surface area contributed by atoms with Gasteiger partial charge in [-0.1, -0.05) is 27.2 Å². The largest absolute Gasteiger partial charge is 0.347 e. The molecule has 2 saturated carbocycles. The minimum absolute atomic E-state index is 0.0473. The summed E-state index contributed by atoms with van der Waals surface area (Å²) in [6, 6.07) is 0. The lowest BCUT2D eigenvalue weighted by Crippen LogP contribution is -2.61. The van der Waals surface area contributed by atoms with E-state index in [-0.39, 0.29) is 11.4 Å². The quantitative estimate of drug-likeness (QED) is 0.648. The normalized spacial score (nSPS) is 57.0. The van der Waals surface area contributed by atoms with Crippen LogP contribution in [0.15, 0.2) is 0 Å². The molecule has 5 atom stereocenters. The summed E-state index contributed by atoms with van der Waals surface area (Å²) in [5.74, 6) is 1.31. The molecule has 4 rings (SSSR count). The van der Waals surface area contributed by atoms with E-state index < -0.39 is 0 Å². The van der Waals surface area contributed by atoms with Gasteiger partial charge in [0.15, 0.2) is 5.79 Å². The molecular weight excluding hydrogens is 248 g/mol. The number of hydrogen-bond donors (Lipinski definition) is 0. The molecule has 2 aliphatic carbocycles. The van der Waals surface area contributed by atoms with Crippen LogP contribution < -0.4 is 0 Å². The van der Waals surface area contributed by atoms with Crippen LogP contribution in [0.5, 0.6) is 0 Å². The molecule has 1 unspecified atom stereocenters. The predicted molar refractivity (Wildman–Crippen MR) is 79.4 cm³/mol. The fourth-order valence-corrected chi connectivity index (χ4v) is 6.65. The van der Waals surface area contributed by atoms with Gasteiger partial charge in [-0.25, -0.2) is 0 Å². The highest BCUT2D eigenvalue weighted by Crippen LogP contribution is 2.67. The smallest absolute Gasteiger partial charge is 0.166 e. The highest BCUT2D eigenvalue weighted by atomic mass is 16.8. The third kappa shape index (κ3) is 1.58. The van der Waals surface area contributed by atoms with E-state index in [2.05, 4.69) is 27.7 Å². The van der Waals surface area contributed by atoms with Crippen molar-refractivity contribution >= 4 is 0 Å². The summed E-state index contributed by atoms with van der Waals surface area (Å²) in [4.78, 5) is 0. The van der Waals surface area contributed by atoms with E-state index in [9.17, 15) is 0 Å². The van der Waals surface area contributed by atoms with E-state index in [1.165, 1.54) is 38.5 Å². The van der Waals surface area contributed by atoms with Gasteiger partial charge in [0, 0.05) is 6.42 Å². The lowest BCUT2D eigenvalue weighted by atomic mass is 9.44. The van der Waals surface area contributed by atoms with Crippen molar-refractivity contribution in [2.24, 2.45) is 22.7 Å². The van der Waals surface area contributed by atoms with Gasteiger partial charge in [0.2, 0.25) is 0 Å². The Hall–Kier alpha value is -0.0800. The summed E-state index contributed by atoms with van der Waals surface area (Å²) in [5.41, 5.74) is 1.02. The Morgan fingerprint density at radius 1 is 0.850 bits per heavy atom. The zero-order valence-electron chi connectivity index (χ0n) is 13.6. The molecule has 2 nitrogen and oxygen atoms in total. The molecule has 114 valence electrons. The molecule has 2 bridgehead atoms. The first-order chi connectivity index (χ1) is 9.30. The van der Waals surface area contributed by atoms with Gasteiger partial charge < -0.3 is 9.47 Å². The van der Waals surface area contributed by atoms with Crippen molar-refractivity contribution in [3.63, 3.8) is 0 Å². The second kappa shape index (κ2) is 3.81. The highest BCUT2D eigenvalue weighted by Gasteiger charge is 2.66. The van der Waals surface area contributed by atoms with Crippen LogP contribution in [-0.4, -0.2) is 18.0 Å². The van der Waals surface area contributed by atoms with Crippen LogP contribution in [0.3, 0.4) is 0 Å². The number of ether oxygens (including phenoxy) is 2. The summed E-state index contributed by atoms with van der Waals surface area (Å²) in [7, 11) is 0. The average Bonchev–Trinajstić information content (AvgIpc) is 2.58. The van der Waals surface area contributed by atoms with Gasteiger partial charge >= 0.3 is 0 Å². The second-order valence-electron chi connectivity index (χ2n) is 9.12. The molecule has 0 aromatic heterocycles. The summed E-state index contributed by atoms with van der Waals surface area (Å²) >= 11 is 0. The standard InChI is InChI=1S/C18H30O2/c1-15(2)8-5-9-16(3)13(15)7-11-18-12-19-17(4,20-18)10-6-14(16)18/h13-14H,5-12H2,1-4H3/t13?,14-,16+,17+,18+/m1/s1. The molecule has 0 amide bonds. The van der Waals surface area contributed by atoms with Crippen LogP contribution in [0, 0.1) is 22.7 Å². The maximum atomic E-state index is 6.54. The molecule has 20 heavy (non-hydrogen) atoms. The molecule has 0 radical (unpaired) electrons. The first-order valence-electron chi connectivity index (χ1n) is 8.64. The van der Waals surface area contributed by atoms with Crippen LogP contribution in [0.25, 0.3) is 0 Å². The molecule has 4 fully saturated rings. The molecule has 2 saturated heterocycles. The van der Waals surface area contributed by atoms with Crippen molar-refractivity contribution in [1.29, 1.82) is 0 Å². The third-order valence-electron chi connectivity index (χ3n) is 7.49. The first-order valence-corrected chi connectivity index (χ1v) is 8.64. The van der Waals surface area contributed by atoms with Crippen molar-refractivity contribution in [1.82, 2.24) is 0 Å². The Morgan fingerprint density at radius 2 is 1.60 bits per heavy atom. The maximum absolute atomic E-state index is 6.54. The number of fused-ring (bicyclic) bond motifs is 3. The fraction of sp³-hybridized carbons (Fsp3) is 1.00. The van der Waals surface area contributed by atoms with Crippen LogP contribution in [0.4, 0.5) is 0 Å². The van der Waals surface area contributed by atoms with Crippen LogP contribution in [0.2, 0.25) is 0 Å². The van der Waals surface area contributed by atoms with Crippen LogP contribution >= 0.6 is 0 Å². The molecular formula is C18H30O2. The molecule has 2 heteroatoms. The monoisotopic (exact) mass is 278 g/mol. The average molecular weight is 278 g/mol. The van der Waals surface area contributed by atoms with Crippen molar-refractivity contribution < 1.29 is 9.47 Å². The number of rotatable bonds is 0. The zero-order valence-corrected chi connectivity index (χ0v) is 13.6. The fourth-order valence-electron chi connectivity index (χ4n) is 6.65. The molecule has 1 spiro atoms. The van der Waals surface area contributed by atoms with Crippen LogP contribution in [-0.2, 0) is 9.47 Å². The van der Waals surface area contributed by atoms with Gasteiger partial charge in [-0.3, -0.25) is 0 Å². The Balaban J connectivity index is 1.73. The van der Waals surface area contributed by atoms with Crippen molar-refractivity contribution in [2.75, 3.05) is 6.61 Å². The van der Waals surface area contributed by atoms with E-state index in [1.54, 1.807) is 0 Å². The van der Waals surface area contributed by atoms with Gasteiger partial charge in [0.25, 0.3) is 0 Å². The Bertz CT molecular complexity index is 431. The minimum atomic E-state index is -0.274. The Labute approximate surface area is 123 Å². The van der Waals surface area contributed by atoms with E-state index in [0.717, 1.165) is 18.9 Å². The van der Waals surface area contributed by atoms with E-state index in [1.807, 2.05) is 0 Å².